The Kier molecular flexibility index (Phi) is 4.97. The fourth-order valence-corrected chi connectivity index (χ4v) is 4.80. The van der Waals surface area contributed by atoms with Gasteiger partial charge in [-0.2, -0.15) is 5.10 Å². The molecule has 148 valence electrons. The number of hydrogen-bond acceptors (Lipinski definition) is 4. The van der Waals surface area contributed by atoms with Crippen LogP contribution in [0.3, 0.4) is 0 Å². The van der Waals surface area contributed by atoms with Gasteiger partial charge in [-0.25, -0.2) is 0 Å². The molecule has 7 nitrogen and oxygen atoms in total. The fourth-order valence-electron chi connectivity index (χ4n) is 4.80. The second kappa shape index (κ2) is 7.26. The van der Waals surface area contributed by atoms with Crippen molar-refractivity contribution in [2.45, 2.75) is 76.6 Å². The molecular weight excluding hydrogens is 344 g/mol. The number of nitrogens with zero attached hydrogens (tertiary/aromatic N) is 4. The Morgan fingerprint density at radius 1 is 1.26 bits per heavy atom. The van der Waals surface area contributed by atoms with E-state index in [1.54, 1.807) is 23.9 Å². The Morgan fingerprint density at radius 2 is 2.00 bits per heavy atom. The fraction of sp³-hybridized carbons (Fsp3) is 0.750. The van der Waals surface area contributed by atoms with Gasteiger partial charge in [0.15, 0.2) is 0 Å². The van der Waals surface area contributed by atoms with Gasteiger partial charge in [-0.1, -0.05) is 0 Å². The maximum Gasteiger partial charge on any atom is 0.272 e. The summed E-state index contributed by atoms with van der Waals surface area (Å²) in [5.74, 6) is 0.250. The number of carbonyl (C=O) groups is 2. The Bertz CT molecular complexity index is 704. The van der Waals surface area contributed by atoms with Crippen molar-refractivity contribution < 1.29 is 14.3 Å². The second-order valence-electron chi connectivity index (χ2n) is 8.16. The predicted molar refractivity (Wildman–Crippen MR) is 100 cm³/mol. The zero-order chi connectivity index (χ0) is 19.0. The van der Waals surface area contributed by atoms with E-state index in [0.29, 0.717) is 38.0 Å². The molecule has 0 N–H and O–H groups in total. The summed E-state index contributed by atoms with van der Waals surface area (Å²) in [5.41, 5.74) is 0.472. The van der Waals surface area contributed by atoms with E-state index in [4.69, 9.17) is 4.74 Å². The Morgan fingerprint density at radius 3 is 2.63 bits per heavy atom. The monoisotopic (exact) mass is 374 g/mol. The van der Waals surface area contributed by atoms with E-state index < -0.39 is 0 Å². The molecule has 1 aliphatic carbocycles. The highest BCUT2D eigenvalue weighted by molar-refractivity contribution is 5.92. The van der Waals surface area contributed by atoms with Crippen molar-refractivity contribution >= 4 is 11.8 Å². The second-order valence-corrected chi connectivity index (χ2v) is 8.16. The van der Waals surface area contributed by atoms with Crippen LogP contribution in [0.2, 0.25) is 0 Å². The molecule has 0 aromatic carbocycles. The van der Waals surface area contributed by atoms with Gasteiger partial charge >= 0.3 is 0 Å². The Hall–Kier alpha value is -1.89. The minimum absolute atomic E-state index is 0.0555. The molecular formula is C20H30N4O3. The normalized spacial score (nSPS) is 24.8. The predicted octanol–water partition coefficient (Wildman–Crippen LogP) is 2.07. The lowest BCUT2D eigenvalue weighted by atomic mass is 9.81. The maximum absolute atomic E-state index is 12.8. The number of amides is 2. The first-order valence-electron chi connectivity index (χ1n) is 10.3. The maximum atomic E-state index is 12.8. The number of hydrogen-bond donors (Lipinski definition) is 0. The van der Waals surface area contributed by atoms with Crippen molar-refractivity contribution in [3.63, 3.8) is 0 Å². The van der Waals surface area contributed by atoms with Gasteiger partial charge in [0.1, 0.15) is 5.69 Å². The summed E-state index contributed by atoms with van der Waals surface area (Å²) >= 11 is 0. The number of aryl methyl sites for hydroxylation is 1. The van der Waals surface area contributed by atoms with E-state index in [9.17, 15) is 9.59 Å². The number of piperidine rings is 1. The highest BCUT2D eigenvalue weighted by atomic mass is 16.5. The molecule has 1 saturated carbocycles. The summed E-state index contributed by atoms with van der Waals surface area (Å²) in [6.45, 7) is 6.48. The van der Waals surface area contributed by atoms with Crippen molar-refractivity contribution in [1.82, 2.24) is 19.6 Å². The first kappa shape index (κ1) is 18.5. The minimum Gasteiger partial charge on any atom is -0.375 e. The Balaban J connectivity index is 1.40. The first-order valence-corrected chi connectivity index (χ1v) is 10.3. The molecule has 1 aromatic heterocycles. The highest BCUT2D eigenvalue weighted by Gasteiger charge is 2.45. The van der Waals surface area contributed by atoms with Crippen LogP contribution in [0.15, 0.2) is 12.3 Å². The van der Waals surface area contributed by atoms with E-state index in [0.717, 1.165) is 38.5 Å². The molecule has 7 heteroatoms. The smallest absolute Gasteiger partial charge is 0.272 e. The number of likely N-dealkylation sites (tertiary alicyclic amines) is 1. The van der Waals surface area contributed by atoms with Gasteiger partial charge in [-0.3, -0.25) is 14.3 Å². The summed E-state index contributed by atoms with van der Waals surface area (Å²) in [5, 5.41) is 4.21. The zero-order valence-electron chi connectivity index (χ0n) is 16.4. The molecule has 1 aromatic rings. The number of carbonyl (C=O) groups excluding carboxylic acids is 2. The third-order valence-electron chi connectivity index (χ3n) is 6.36. The van der Waals surface area contributed by atoms with E-state index >= 15 is 0 Å². The molecule has 4 rings (SSSR count). The first-order chi connectivity index (χ1) is 13.0. The molecule has 0 bridgehead atoms. The molecule has 1 unspecified atom stereocenters. The number of rotatable bonds is 4. The topological polar surface area (TPSA) is 67.7 Å². The van der Waals surface area contributed by atoms with Crippen LogP contribution in [-0.4, -0.2) is 68.8 Å². The zero-order valence-corrected chi connectivity index (χ0v) is 16.4. The SMILES string of the molecule is CCn1nccc1C(=O)N1CCC2(CC1)CC(N(C(C)=O)C1CC1)CCO2. The lowest BCUT2D eigenvalue weighted by Crippen LogP contribution is -2.55. The van der Waals surface area contributed by atoms with Gasteiger partial charge in [-0.05, 0) is 51.5 Å². The molecule has 27 heavy (non-hydrogen) atoms. The van der Waals surface area contributed by atoms with Crippen LogP contribution in [0.4, 0.5) is 0 Å². The summed E-state index contributed by atoms with van der Waals surface area (Å²) in [4.78, 5) is 29.0. The van der Waals surface area contributed by atoms with E-state index in [2.05, 4.69) is 10.00 Å². The molecule has 2 saturated heterocycles. The third-order valence-corrected chi connectivity index (χ3v) is 6.36. The van der Waals surface area contributed by atoms with Gasteiger partial charge in [0, 0.05) is 51.4 Å². The molecule has 2 amide bonds. The van der Waals surface area contributed by atoms with E-state index in [1.165, 1.54) is 0 Å². The quantitative estimate of drug-likeness (QED) is 0.809. The minimum atomic E-state index is -0.187. The average molecular weight is 374 g/mol. The van der Waals surface area contributed by atoms with Crippen LogP contribution < -0.4 is 0 Å². The summed E-state index contributed by atoms with van der Waals surface area (Å²) in [6, 6.07) is 2.52. The van der Waals surface area contributed by atoms with Gasteiger partial charge in [0.2, 0.25) is 5.91 Å². The van der Waals surface area contributed by atoms with Crippen molar-refractivity contribution in [3.8, 4) is 0 Å². The lowest BCUT2D eigenvalue weighted by Gasteiger charge is -2.48. The molecule has 1 spiro atoms. The van der Waals surface area contributed by atoms with E-state index in [-0.39, 0.29) is 23.5 Å². The molecule has 2 aliphatic heterocycles. The largest absolute Gasteiger partial charge is 0.375 e. The van der Waals surface area contributed by atoms with Crippen LogP contribution in [0.1, 0.15) is 62.9 Å². The van der Waals surface area contributed by atoms with E-state index in [1.807, 2.05) is 11.8 Å². The number of aromatic nitrogens is 2. The number of ether oxygens (including phenoxy) is 1. The molecule has 3 heterocycles. The average Bonchev–Trinajstić information content (AvgIpc) is 3.36. The van der Waals surface area contributed by atoms with Crippen LogP contribution in [-0.2, 0) is 16.1 Å². The van der Waals surface area contributed by atoms with Crippen LogP contribution in [0.25, 0.3) is 0 Å². The van der Waals surface area contributed by atoms with Gasteiger partial charge in [0.05, 0.1) is 5.60 Å². The molecule has 3 aliphatic rings. The van der Waals surface area contributed by atoms with Crippen LogP contribution >= 0.6 is 0 Å². The van der Waals surface area contributed by atoms with Crippen molar-refractivity contribution in [2.75, 3.05) is 19.7 Å². The van der Waals surface area contributed by atoms with Gasteiger partial charge < -0.3 is 14.5 Å². The van der Waals surface area contributed by atoms with Gasteiger partial charge in [0.25, 0.3) is 5.91 Å². The van der Waals surface area contributed by atoms with Crippen molar-refractivity contribution in [1.29, 1.82) is 0 Å². The Labute approximate surface area is 160 Å². The third kappa shape index (κ3) is 3.61. The van der Waals surface area contributed by atoms with Crippen molar-refractivity contribution in [3.05, 3.63) is 18.0 Å². The van der Waals surface area contributed by atoms with Gasteiger partial charge in [-0.15, -0.1) is 0 Å². The van der Waals surface area contributed by atoms with Crippen LogP contribution in [0, 0.1) is 0 Å². The molecule has 0 radical (unpaired) electrons. The van der Waals surface area contributed by atoms with Crippen LogP contribution in [0.5, 0.6) is 0 Å². The molecule has 1 atom stereocenters. The standard InChI is InChI=1S/C20H30N4O3/c1-3-23-18(6-10-21-23)19(26)22-11-8-20(9-12-22)14-17(7-13-27-20)24(15(2)25)16-4-5-16/h6,10,16-17H,3-5,7-9,11-14H2,1-2H3. The highest BCUT2D eigenvalue weighted by Crippen LogP contribution is 2.40. The molecule has 3 fully saturated rings. The summed E-state index contributed by atoms with van der Waals surface area (Å²) < 4.78 is 7.99. The lowest BCUT2D eigenvalue weighted by molar-refractivity contribution is -0.148. The summed E-state index contributed by atoms with van der Waals surface area (Å²) in [6.07, 6.45) is 7.46. The van der Waals surface area contributed by atoms with Crippen molar-refractivity contribution in [2.24, 2.45) is 0 Å². The summed E-state index contributed by atoms with van der Waals surface area (Å²) in [7, 11) is 0.